The van der Waals surface area contributed by atoms with E-state index in [-0.39, 0.29) is 5.56 Å². The third-order valence-electron chi connectivity index (χ3n) is 3.28. The lowest BCUT2D eigenvalue weighted by Gasteiger charge is -2.12. The van der Waals surface area contributed by atoms with Crippen LogP contribution in [-0.2, 0) is 14.6 Å². The molecule has 6 heteroatoms. The molecule has 1 aromatic carbocycles. The van der Waals surface area contributed by atoms with E-state index in [4.69, 9.17) is 4.74 Å². The fraction of sp³-hybridized carbons (Fsp3) is 0.462. The van der Waals surface area contributed by atoms with Crippen molar-refractivity contribution >= 4 is 15.8 Å². The molecule has 2 atom stereocenters. The van der Waals surface area contributed by atoms with E-state index in [1.807, 2.05) is 0 Å². The Morgan fingerprint density at radius 3 is 2.68 bits per heavy atom. The number of rotatable bonds is 3. The molecule has 0 aromatic heterocycles. The van der Waals surface area contributed by atoms with E-state index < -0.39 is 33.0 Å². The second-order valence-electron chi connectivity index (χ2n) is 4.80. The van der Waals surface area contributed by atoms with Crippen LogP contribution in [0.5, 0.6) is 0 Å². The maximum absolute atomic E-state index is 13.0. The quantitative estimate of drug-likeness (QED) is 0.797. The molecule has 0 spiro atoms. The molecule has 1 aliphatic rings. The van der Waals surface area contributed by atoms with E-state index in [9.17, 15) is 17.6 Å². The van der Waals surface area contributed by atoms with Crippen LogP contribution in [0.15, 0.2) is 24.3 Å². The highest BCUT2D eigenvalue weighted by Crippen LogP contribution is 2.27. The van der Waals surface area contributed by atoms with E-state index in [1.54, 1.807) is 0 Å². The maximum Gasteiger partial charge on any atom is 0.338 e. The van der Waals surface area contributed by atoms with E-state index in [0.717, 1.165) is 6.07 Å². The smallest absolute Gasteiger partial charge is 0.338 e. The number of carbonyl (C=O) groups is 1. The van der Waals surface area contributed by atoms with Crippen molar-refractivity contribution in [2.75, 3.05) is 6.26 Å². The molecule has 1 saturated carbocycles. The standard InChI is InChI=1S/C13H15FO4S/c1-19(16,17)12-6-5-11(8-12)18-13(15)9-3-2-4-10(14)7-9/h2-4,7,11-12H,5-6,8H2,1H3. The van der Waals surface area contributed by atoms with Crippen molar-refractivity contribution in [3.05, 3.63) is 35.6 Å². The Morgan fingerprint density at radius 2 is 2.11 bits per heavy atom. The van der Waals surface area contributed by atoms with Crippen LogP contribution >= 0.6 is 0 Å². The Balaban J connectivity index is 1.98. The average Bonchev–Trinajstić information content (AvgIpc) is 2.77. The lowest BCUT2D eigenvalue weighted by atomic mass is 10.2. The minimum Gasteiger partial charge on any atom is -0.459 e. The number of ether oxygens (including phenoxy) is 1. The van der Waals surface area contributed by atoms with Gasteiger partial charge in [-0.1, -0.05) is 6.07 Å². The van der Waals surface area contributed by atoms with Gasteiger partial charge in [-0.25, -0.2) is 17.6 Å². The molecule has 4 nitrogen and oxygen atoms in total. The van der Waals surface area contributed by atoms with Gasteiger partial charge in [-0.15, -0.1) is 0 Å². The van der Waals surface area contributed by atoms with Gasteiger partial charge >= 0.3 is 5.97 Å². The van der Waals surface area contributed by atoms with Crippen molar-refractivity contribution in [2.24, 2.45) is 0 Å². The van der Waals surface area contributed by atoms with Crippen molar-refractivity contribution in [3.63, 3.8) is 0 Å². The van der Waals surface area contributed by atoms with Gasteiger partial charge in [0.1, 0.15) is 21.8 Å². The molecule has 1 aliphatic carbocycles. The highest BCUT2D eigenvalue weighted by molar-refractivity contribution is 7.91. The summed E-state index contributed by atoms with van der Waals surface area (Å²) in [6.07, 6.45) is 2.13. The second kappa shape index (κ2) is 5.28. The molecule has 2 rings (SSSR count). The fourth-order valence-corrected chi connectivity index (χ4v) is 3.36. The molecule has 0 saturated heterocycles. The Morgan fingerprint density at radius 1 is 1.37 bits per heavy atom. The molecule has 19 heavy (non-hydrogen) atoms. The summed E-state index contributed by atoms with van der Waals surface area (Å²) in [5.41, 5.74) is 0.141. The molecule has 0 radical (unpaired) electrons. The number of carbonyl (C=O) groups excluding carboxylic acids is 1. The molecule has 0 N–H and O–H groups in total. The zero-order valence-corrected chi connectivity index (χ0v) is 11.3. The summed E-state index contributed by atoms with van der Waals surface area (Å²) in [6.45, 7) is 0. The SMILES string of the molecule is CS(=O)(=O)C1CCC(OC(=O)c2cccc(F)c2)C1. The summed E-state index contributed by atoms with van der Waals surface area (Å²) in [5, 5.41) is -0.446. The van der Waals surface area contributed by atoms with Gasteiger partial charge in [0.25, 0.3) is 0 Å². The molecule has 1 aromatic rings. The Kier molecular flexibility index (Phi) is 3.89. The van der Waals surface area contributed by atoms with Crippen molar-refractivity contribution < 1.29 is 22.3 Å². The lowest BCUT2D eigenvalue weighted by molar-refractivity contribution is 0.0317. The first-order valence-corrected chi connectivity index (χ1v) is 7.97. The minimum absolute atomic E-state index is 0.141. The van der Waals surface area contributed by atoms with E-state index in [1.165, 1.54) is 24.5 Å². The monoisotopic (exact) mass is 286 g/mol. The van der Waals surface area contributed by atoms with Crippen LogP contribution in [0, 0.1) is 5.82 Å². The van der Waals surface area contributed by atoms with Crippen LogP contribution in [0.4, 0.5) is 4.39 Å². The molecule has 2 unspecified atom stereocenters. The van der Waals surface area contributed by atoms with Crippen molar-refractivity contribution in [1.29, 1.82) is 0 Å². The number of esters is 1. The number of halogens is 1. The molecule has 0 bridgehead atoms. The lowest BCUT2D eigenvalue weighted by Crippen LogP contribution is -2.20. The first-order valence-electron chi connectivity index (χ1n) is 6.01. The fourth-order valence-electron chi connectivity index (χ4n) is 2.23. The first kappa shape index (κ1) is 14.0. The van der Waals surface area contributed by atoms with Gasteiger partial charge in [0.2, 0.25) is 0 Å². The number of sulfone groups is 1. The molecule has 0 aliphatic heterocycles. The molecule has 0 heterocycles. The number of benzene rings is 1. The van der Waals surface area contributed by atoms with Gasteiger partial charge in [-0.05, 0) is 31.0 Å². The van der Waals surface area contributed by atoms with Crippen LogP contribution in [0.1, 0.15) is 29.6 Å². The zero-order valence-electron chi connectivity index (χ0n) is 10.5. The summed E-state index contributed by atoms with van der Waals surface area (Å²) >= 11 is 0. The van der Waals surface area contributed by atoms with Crippen LogP contribution in [0.2, 0.25) is 0 Å². The van der Waals surface area contributed by atoms with Crippen LogP contribution in [-0.4, -0.2) is 32.0 Å². The van der Waals surface area contributed by atoms with Gasteiger partial charge in [0, 0.05) is 12.7 Å². The minimum atomic E-state index is -3.09. The molecule has 0 amide bonds. The summed E-state index contributed by atoms with van der Waals surface area (Å²) in [4.78, 5) is 11.8. The van der Waals surface area contributed by atoms with Crippen LogP contribution in [0.3, 0.4) is 0 Å². The van der Waals surface area contributed by atoms with Crippen molar-refractivity contribution in [2.45, 2.75) is 30.6 Å². The average molecular weight is 286 g/mol. The topological polar surface area (TPSA) is 60.4 Å². The van der Waals surface area contributed by atoms with E-state index in [2.05, 4.69) is 0 Å². The van der Waals surface area contributed by atoms with Gasteiger partial charge in [-0.2, -0.15) is 0 Å². The largest absolute Gasteiger partial charge is 0.459 e. The summed E-state index contributed by atoms with van der Waals surface area (Å²) in [6, 6.07) is 5.24. The number of hydrogen-bond donors (Lipinski definition) is 0. The predicted molar refractivity (Wildman–Crippen MR) is 68.1 cm³/mol. The Bertz CT molecular complexity index is 582. The third kappa shape index (κ3) is 3.53. The molecular formula is C13H15FO4S. The normalized spacial score (nSPS) is 23.3. The van der Waals surface area contributed by atoms with Gasteiger partial charge < -0.3 is 4.74 Å². The molecular weight excluding hydrogens is 271 g/mol. The Labute approximate surface area is 111 Å². The zero-order chi connectivity index (χ0) is 14.0. The highest BCUT2D eigenvalue weighted by atomic mass is 32.2. The molecule has 1 fully saturated rings. The summed E-state index contributed by atoms with van der Waals surface area (Å²) < 4.78 is 41.0. The van der Waals surface area contributed by atoms with Gasteiger partial charge in [0.05, 0.1) is 10.8 Å². The third-order valence-corrected chi connectivity index (χ3v) is 4.92. The van der Waals surface area contributed by atoms with Crippen LogP contribution < -0.4 is 0 Å². The molecule has 104 valence electrons. The van der Waals surface area contributed by atoms with E-state index >= 15 is 0 Å². The maximum atomic E-state index is 13.0. The van der Waals surface area contributed by atoms with Crippen molar-refractivity contribution in [1.82, 2.24) is 0 Å². The van der Waals surface area contributed by atoms with Crippen molar-refractivity contribution in [3.8, 4) is 0 Å². The predicted octanol–water partition coefficient (Wildman–Crippen LogP) is 1.95. The van der Waals surface area contributed by atoms with E-state index in [0.29, 0.717) is 19.3 Å². The second-order valence-corrected chi connectivity index (χ2v) is 7.13. The van der Waals surface area contributed by atoms with Gasteiger partial charge in [0.15, 0.2) is 0 Å². The summed E-state index contributed by atoms with van der Waals surface area (Å²) in [7, 11) is -3.09. The number of hydrogen-bond acceptors (Lipinski definition) is 4. The van der Waals surface area contributed by atoms with Crippen LogP contribution in [0.25, 0.3) is 0 Å². The Hall–Kier alpha value is -1.43. The first-order chi connectivity index (χ1) is 8.86. The summed E-state index contributed by atoms with van der Waals surface area (Å²) in [5.74, 6) is -1.12. The highest BCUT2D eigenvalue weighted by Gasteiger charge is 2.33. The van der Waals surface area contributed by atoms with Gasteiger partial charge in [-0.3, -0.25) is 0 Å².